The number of anilines is 1. The lowest BCUT2D eigenvalue weighted by atomic mass is 10.1. The Morgan fingerprint density at radius 2 is 1.88 bits per heavy atom. The first-order valence-corrected chi connectivity index (χ1v) is 8.45. The molecule has 0 aliphatic rings. The molecule has 0 aliphatic carbocycles. The van der Waals surface area contributed by atoms with Crippen molar-refractivity contribution in [2.24, 2.45) is 0 Å². The highest BCUT2D eigenvalue weighted by Crippen LogP contribution is 2.32. The van der Waals surface area contributed by atoms with E-state index in [0.717, 1.165) is 38.6 Å². The molecule has 2 aromatic carbocycles. The van der Waals surface area contributed by atoms with Gasteiger partial charge >= 0.3 is 0 Å². The topological polar surface area (TPSA) is 43.4 Å². The molecule has 3 rings (SSSR count). The largest absolute Gasteiger partial charge is 0.494 e. The number of hydrogen-bond acceptors (Lipinski definition) is 4. The van der Waals surface area contributed by atoms with Gasteiger partial charge in [0.15, 0.2) is 0 Å². The fraction of sp³-hybridized carbons (Fsp3) is 0.250. The van der Waals surface area contributed by atoms with Gasteiger partial charge in [0.05, 0.1) is 19.8 Å². The molecule has 0 aliphatic heterocycles. The Labute approximate surface area is 152 Å². The van der Waals surface area contributed by atoms with Crippen LogP contribution in [0.2, 0.25) is 5.02 Å². The molecule has 1 N–H and O–H groups in total. The van der Waals surface area contributed by atoms with Crippen molar-refractivity contribution in [2.45, 2.75) is 13.0 Å². The van der Waals surface area contributed by atoms with E-state index < -0.39 is 0 Å². The Morgan fingerprint density at radius 3 is 2.56 bits per heavy atom. The maximum atomic E-state index is 6.01. The summed E-state index contributed by atoms with van der Waals surface area (Å²) in [5.41, 5.74) is 3.88. The van der Waals surface area contributed by atoms with Gasteiger partial charge in [-0.05, 0) is 36.8 Å². The van der Waals surface area contributed by atoms with E-state index in [1.54, 1.807) is 14.2 Å². The van der Waals surface area contributed by atoms with Crippen molar-refractivity contribution in [3.05, 3.63) is 64.8 Å². The van der Waals surface area contributed by atoms with Gasteiger partial charge in [-0.25, -0.2) is 4.98 Å². The molecule has 0 bridgehead atoms. The van der Waals surface area contributed by atoms with Gasteiger partial charge in [-0.15, -0.1) is 0 Å². The second-order valence-corrected chi connectivity index (χ2v) is 6.31. The van der Waals surface area contributed by atoms with Crippen LogP contribution in [-0.2, 0) is 4.74 Å². The Morgan fingerprint density at radius 1 is 1.12 bits per heavy atom. The minimum Gasteiger partial charge on any atom is -0.494 e. The first-order chi connectivity index (χ1) is 12.1. The number of fused-ring (bicyclic) bond motifs is 1. The highest BCUT2D eigenvalue weighted by atomic mass is 35.5. The van der Waals surface area contributed by atoms with Crippen LogP contribution in [0.5, 0.6) is 5.75 Å². The first-order valence-electron chi connectivity index (χ1n) is 8.07. The van der Waals surface area contributed by atoms with E-state index in [-0.39, 0.29) is 6.04 Å². The third-order valence-corrected chi connectivity index (χ3v) is 4.34. The minimum atomic E-state index is -0.00142. The molecule has 0 radical (unpaired) electrons. The Hall–Kier alpha value is -2.30. The zero-order valence-corrected chi connectivity index (χ0v) is 15.3. The monoisotopic (exact) mass is 356 g/mol. The highest BCUT2D eigenvalue weighted by molar-refractivity contribution is 6.30. The number of para-hydroxylation sites is 1. The lowest BCUT2D eigenvalue weighted by Gasteiger charge is -2.21. The van der Waals surface area contributed by atoms with Gasteiger partial charge in [0.1, 0.15) is 11.3 Å². The molecule has 1 unspecified atom stereocenters. The summed E-state index contributed by atoms with van der Waals surface area (Å²) in [5, 5.41) is 5.32. The number of aryl methyl sites for hydroxylation is 1. The first kappa shape index (κ1) is 17.5. The van der Waals surface area contributed by atoms with Gasteiger partial charge in [-0.1, -0.05) is 35.9 Å². The van der Waals surface area contributed by atoms with Crippen LogP contribution in [0.15, 0.2) is 48.5 Å². The van der Waals surface area contributed by atoms with Crippen molar-refractivity contribution in [3.8, 4) is 5.75 Å². The average Bonchev–Trinajstić information content (AvgIpc) is 2.61. The number of methoxy groups -OCH3 is 2. The zero-order chi connectivity index (χ0) is 17.8. The maximum absolute atomic E-state index is 6.01. The molecule has 4 nitrogen and oxygen atoms in total. The van der Waals surface area contributed by atoms with Crippen LogP contribution in [0.1, 0.15) is 17.3 Å². The number of nitrogens with zero attached hydrogens (tertiary/aromatic N) is 1. The third kappa shape index (κ3) is 3.86. The van der Waals surface area contributed by atoms with Crippen LogP contribution in [0.3, 0.4) is 0 Å². The normalized spacial score (nSPS) is 12.2. The smallest absolute Gasteiger partial charge is 0.145 e. The van der Waals surface area contributed by atoms with Gasteiger partial charge < -0.3 is 14.8 Å². The summed E-state index contributed by atoms with van der Waals surface area (Å²) < 4.78 is 10.9. The predicted molar refractivity (Wildman–Crippen MR) is 103 cm³/mol. The summed E-state index contributed by atoms with van der Waals surface area (Å²) >= 11 is 6.01. The van der Waals surface area contributed by atoms with Gasteiger partial charge in [0.25, 0.3) is 0 Å². The molecule has 1 heterocycles. The van der Waals surface area contributed by atoms with Crippen LogP contribution < -0.4 is 10.1 Å². The van der Waals surface area contributed by atoms with Crippen molar-refractivity contribution in [1.82, 2.24) is 4.98 Å². The Kier molecular flexibility index (Phi) is 5.41. The SMILES string of the molecule is COCC(Nc1cc(C)nc2c(OC)cccc12)c1ccc(Cl)cc1. The van der Waals surface area contributed by atoms with E-state index in [1.807, 2.05) is 55.5 Å². The average molecular weight is 357 g/mol. The number of rotatable bonds is 6. The lowest BCUT2D eigenvalue weighted by molar-refractivity contribution is 0.186. The molecule has 130 valence electrons. The number of nitrogens with one attached hydrogen (secondary N) is 1. The molecule has 1 aromatic heterocycles. The highest BCUT2D eigenvalue weighted by Gasteiger charge is 2.15. The molecule has 0 saturated carbocycles. The number of halogens is 1. The van der Waals surface area contributed by atoms with E-state index >= 15 is 0 Å². The number of hydrogen-bond donors (Lipinski definition) is 1. The number of pyridine rings is 1. The second-order valence-electron chi connectivity index (χ2n) is 5.87. The maximum Gasteiger partial charge on any atom is 0.145 e. The van der Waals surface area contributed by atoms with Crippen LogP contribution in [-0.4, -0.2) is 25.8 Å². The fourth-order valence-electron chi connectivity index (χ4n) is 2.91. The van der Waals surface area contributed by atoms with E-state index in [4.69, 9.17) is 21.1 Å². The Bertz CT molecular complexity index is 865. The number of benzene rings is 2. The molecule has 1 atom stereocenters. The minimum absolute atomic E-state index is 0.00142. The molecule has 25 heavy (non-hydrogen) atoms. The summed E-state index contributed by atoms with van der Waals surface area (Å²) in [6.07, 6.45) is 0. The summed E-state index contributed by atoms with van der Waals surface area (Å²) in [6.45, 7) is 2.51. The van der Waals surface area contributed by atoms with Gasteiger partial charge in [0, 0.05) is 28.9 Å². The predicted octanol–water partition coefficient (Wildman–Crippen LogP) is 5.00. The lowest BCUT2D eigenvalue weighted by Crippen LogP contribution is -2.16. The molecule has 5 heteroatoms. The van der Waals surface area contributed by atoms with Gasteiger partial charge in [-0.2, -0.15) is 0 Å². The molecule has 3 aromatic rings. The van der Waals surface area contributed by atoms with Gasteiger partial charge in [0.2, 0.25) is 0 Å². The molecule has 0 saturated heterocycles. The number of ether oxygens (including phenoxy) is 2. The fourth-order valence-corrected chi connectivity index (χ4v) is 3.03. The van der Waals surface area contributed by atoms with E-state index in [2.05, 4.69) is 10.3 Å². The van der Waals surface area contributed by atoms with Crippen LogP contribution in [0.25, 0.3) is 10.9 Å². The second kappa shape index (κ2) is 7.72. The molecule has 0 spiro atoms. The van der Waals surface area contributed by atoms with Crippen LogP contribution in [0.4, 0.5) is 5.69 Å². The molecule has 0 amide bonds. The van der Waals surface area contributed by atoms with Crippen molar-refractivity contribution >= 4 is 28.2 Å². The number of aromatic nitrogens is 1. The van der Waals surface area contributed by atoms with Crippen LogP contribution >= 0.6 is 11.6 Å². The van der Waals surface area contributed by atoms with Crippen molar-refractivity contribution < 1.29 is 9.47 Å². The van der Waals surface area contributed by atoms with Crippen molar-refractivity contribution in [2.75, 3.05) is 26.1 Å². The van der Waals surface area contributed by atoms with E-state index in [0.29, 0.717) is 6.61 Å². The summed E-state index contributed by atoms with van der Waals surface area (Å²) in [5.74, 6) is 0.763. The standard InChI is InChI=1S/C20H21ClN2O2/c1-13-11-17(16-5-4-6-19(25-3)20(16)22-13)23-18(12-24-2)14-7-9-15(21)10-8-14/h4-11,18H,12H2,1-3H3,(H,22,23). The van der Waals surface area contributed by atoms with E-state index in [1.165, 1.54) is 0 Å². The van der Waals surface area contributed by atoms with Gasteiger partial charge in [-0.3, -0.25) is 0 Å². The van der Waals surface area contributed by atoms with Crippen molar-refractivity contribution in [1.29, 1.82) is 0 Å². The van der Waals surface area contributed by atoms with E-state index in [9.17, 15) is 0 Å². The molecular weight excluding hydrogens is 336 g/mol. The van der Waals surface area contributed by atoms with Crippen molar-refractivity contribution in [3.63, 3.8) is 0 Å². The molecule has 0 fully saturated rings. The summed E-state index contributed by atoms with van der Waals surface area (Å²) in [6, 6.07) is 15.8. The molecular formula is C20H21ClN2O2. The third-order valence-electron chi connectivity index (χ3n) is 4.09. The van der Waals surface area contributed by atoms with Crippen LogP contribution in [0, 0.1) is 6.92 Å². The quantitative estimate of drug-likeness (QED) is 0.674. The summed E-state index contributed by atoms with van der Waals surface area (Å²) in [7, 11) is 3.36. The Balaban J connectivity index is 2.03. The summed E-state index contributed by atoms with van der Waals surface area (Å²) in [4.78, 5) is 4.63. The zero-order valence-electron chi connectivity index (χ0n) is 14.5.